The van der Waals surface area contributed by atoms with Gasteiger partial charge < -0.3 is 0 Å². The van der Waals surface area contributed by atoms with Crippen molar-refractivity contribution in [2.24, 2.45) is 0 Å². The molecule has 0 heterocycles. The smallest absolute Gasteiger partial charge is 0.156 e. The van der Waals surface area contributed by atoms with Crippen LogP contribution in [0, 0.1) is 0 Å². The number of halogens is 1. The Morgan fingerprint density at radius 1 is 1.45 bits per heavy atom. The largest absolute Gasteiger partial charge is 0.295 e. The van der Waals surface area contributed by atoms with E-state index in [1.54, 1.807) is 0 Å². The Labute approximate surface area is 73.4 Å². The van der Waals surface area contributed by atoms with Gasteiger partial charge in [0.2, 0.25) is 0 Å². The van der Waals surface area contributed by atoms with Gasteiger partial charge in [0.25, 0.3) is 0 Å². The van der Waals surface area contributed by atoms with Gasteiger partial charge in [0.1, 0.15) is 0 Å². The van der Waals surface area contributed by atoms with E-state index in [-0.39, 0.29) is 5.78 Å². The van der Waals surface area contributed by atoms with Crippen LogP contribution in [0.3, 0.4) is 0 Å². The molecule has 0 aliphatic carbocycles. The molecule has 11 heavy (non-hydrogen) atoms. The van der Waals surface area contributed by atoms with Crippen LogP contribution >= 0.6 is 11.6 Å². The monoisotopic (exact) mass is 174 g/mol. The maximum Gasteiger partial charge on any atom is 0.156 e. The zero-order chi connectivity index (χ0) is 8.69. The predicted molar refractivity (Wildman–Crippen MR) is 48.8 cm³/mol. The van der Waals surface area contributed by atoms with Gasteiger partial charge in [-0.15, -0.1) is 0 Å². The van der Waals surface area contributed by atoms with Gasteiger partial charge in [0, 0.05) is 11.5 Å². The standard InChI is InChI=1S/C9H15ClO/c1-3-5-6-8(10)7-9(11)4-2/h7H,3-6H2,1-2H3/b8-7+. The number of ketones is 1. The lowest BCUT2D eigenvalue weighted by Crippen LogP contribution is -1.89. The highest BCUT2D eigenvalue weighted by atomic mass is 35.5. The first-order valence-corrected chi connectivity index (χ1v) is 4.47. The van der Waals surface area contributed by atoms with Crippen molar-refractivity contribution < 1.29 is 4.79 Å². The molecule has 0 aliphatic rings. The van der Waals surface area contributed by atoms with Gasteiger partial charge in [0.05, 0.1) is 0 Å². The van der Waals surface area contributed by atoms with E-state index in [2.05, 4.69) is 6.92 Å². The average Bonchev–Trinajstić information content (AvgIpc) is 2.00. The third-order valence-corrected chi connectivity index (χ3v) is 1.73. The normalized spacial score (nSPS) is 11.7. The molecule has 2 heteroatoms. The van der Waals surface area contributed by atoms with Crippen LogP contribution in [-0.4, -0.2) is 5.78 Å². The zero-order valence-electron chi connectivity index (χ0n) is 7.19. The van der Waals surface area contributed by atoms with Crippen LogP contribution in [0.4, 0.5) is 0 Å². The number of allylic oxidation sites excluding steroid dienone is 2. The van der Waals surface area contributed by atoms with Crippen molar-refractivity contribution in [2.75, 3.05) is 0 Å². The molecule has 0 amide bonds. The van der Waals surface area contributed by atoms with Crippen molar-refractivity contribution in [2.45, 2.75) is 39.5 Å². The second-order valence-electron chi connectivity index (χ2n) is 2.51. The van der Waals surface area contributed by atoms with Crippen molar-refractivity contribution in [3.8, 4) is 0 Å². The van der Waals surface area contributed by atoms with Gasteiger partial charge in [0.15, 0.2) is 5.78 Å². The number of hydrogen-bond acceptors (Lipinski definition) is 1. The molecule has 64 valence electrons. The molecule has 0 rings (SSSR count). The summed E-state index contributed by atoms with van der Waals surface area (Å²) in [6.07, 6.45) is 5.10. The summed E-state index contributed by atoms with van der Waals surface area (Å²) < 4.78 is 0. The van der Waals surface area contributed by atoms with Gasteiger partial charge in [-0.05, 0) is 18.9 Å². The first kappa shape index (κ1) is 10.7. The summed E-state index contributed by atoms with van der Waals surface area (Å²) in [6.45, 7) is 3.94. The van der Waals surface area contributed by atoms with E-state index < -0.39 is 0 Å². The van der Waals surface area contributed by atoms with E-state index in [1.165, 1.54) is 6.08 Å². The maximum absolute atomic E-state index is 10.8. The maximum atomic E-state index is 10.8. The SMILES string of the molecule is CCCC/C(Cl)=C\C(=O)CC. The summed E-state index contributed by atoms with van der Waals surface area (Å²) >= 11 is 5.77. The summed E-state index contributed by atoms with van der Waals surface area (Å²) in [7, 11) is 0. The Hall–Kier alpha value is -0.300. The number of carbonyl (C=O) groups excluding carboxylic acids is 1. The van der Waals surface area contributed by atoms with Crippen LogP contribution in [0.2, 0.25) is 0 Å². The molecule has 0 unspecified atom stereocenters. The van der Waals surface area contributed by atoms with Crippen LogP contribution in [0.15, 0.2) is 11.1 Å². The molecule has 0 spiro atoms. The summed E-state index contributed by atoms with van der Waals surface area (Å²) in [5.74, 6) is 0.117. The molecular formula is C9H15ClO. The molecule has 0 N–H and O–H groups in total. The minimum atomic E-state index is 0.117. The Balaban J connectivity index is 3.70. The lowest BCUT2D eigenvalue weighted by molar-refractivity contribution is -0.114. The Kier molecular flexibility index (Phi) is 6.24. The zero-order valence-corrected chi connectivity index (χ0v) is 7.95. The van der Waals surface area contributed by atoms with Crippen LogP contribution in [-0.2, 0) is 4.79 Å². The highest BCUT2D eigenvalue weighted by Gasteiger charge is 1.96. The Morgan fingerprint density at radius 3 is 2.55 bits per heavy atom. The van der Waals surface area contributed by atoms with Crippen molar-refractivity contribution in [3.63, 3.8) is 0 Å². The molecule has 0 aliphatic heterocycles. The van der Waals surface area contributed by atoms with E-state index in [0.717, 1.165) is 19.3 Å². The third kappa shape index (κ3) is 6.11. The van der Waals surface area contributed by atoms with Gasteiger partial charge in [-0.2, -0.15) is 0 Å². The molecule has 0 aromatic carbocycles. The fraction of sp³-hybridized carbons (Fsp3) is 0.667. The summed E-state index contributed by atoms with van der Waals surface area (Å²) in [6, 6.07) is 0. The quantitative estimate of drug-likeness (QED) is 0.585. The first-order chi connectivity index (χ1) is 5.20. The summed E-state index contributed by atoms with van der Waals surface area (Å²) in [5, 5.41) is 0.693. The average molecular weight is 175 g/mol. The molecule has 0 aromatic heterocycles. The second-order valence-corrected chi connectivity index (χ2v) is 3.00. The van der Waals surface area contributed by atoms with Crippen LogP contribution < -0.4 is 0 Å². The summed E-state index contributed by atoms with van der Waals surface area (Å²) in [4.78, 5) is 10.8. The molecule has 0 saturated heterocycles. The van der Waals surface area contributed by atoms with Crippen molar-refractivity contribution in [1.82, 2.24) is 0 Å². The van der Waals surface area contributed by atoms with Crippen LogP contribution in [0.5, 0.6) is 0 Å². The number of rotatable bonds is 5. The highest BCUT2D eigenvalue weighted by molar-refractivity contribution is 6.31. The fourth-order valence-corrected chi connectivity index (χ4v) is 0.950. The lowest BCUT2D eigenvalue weighted by Gasteiger charge is -1.94. The second kappa shape index (κ2) is 6.41. The van der Waals surface area contributed by atoms with Crippen LogP contribution in [0.1, 0.15) is 39.5 Å². The van der Waals surface area contributed by atoms with Gasteiger partial charge in [-0.1, -0.05) is 31.9 Å². The topological polar surface area (TPSA) is 17.1 Å². The predicted octanol–water partition coefficient (Wildman–Crippen LogP) is 3.28. The minimum Gasteiger partial charge on any atom is -0.295 e. The Bertz CT molecular complexity index is 150. The minimum absolute atomic E-state index is 0.117. The Morgan fingerprint density at radius 2 is 2.09 bits per heavy atom. The summed E-state index contributed by atoms with van der Waals surface area (Å²) in [5.41, 5.74) is 0. The number of carbonyl (C=O) groups is 1. The number of unbranched alkanes of at least 4 members (excludes halogenated alkanes) is 1. The lowest BCUT2D eigenvalue weighted by atomic mass is 10.2. The fourth-order valence-electron chi connectivity index (χ4n) is 0.695. The van der Waals surface area contributed by atoms with Crippen molar-refractivity contribution >= 4 is 17.4 Å². The van der Waals surface area contributed by atoms with E-state index in [9.17, 15) is 4.79 Å². The van der Waals surface area contributed by atoms with Gasteiger partial charge >= 0.3 is 0 Å². The molecule has 0 atom stereocenters. The van der Waals surface area contributed by atoms with E-state index in [1.807, 2.05) is 6.92 Å². The highest BCUT2D eigenvalue weighted by Crippen LogP contribution is 2.11. The number of hydrogen-bond donors (Lipinski definition) is 0. The molecule has 0 aromatic rings. The van der Waals surface area contributed by atoms with Gasteiger partial charge in [-0.25, -0.2) is 0 Å². The van der Waals surface area contributed by atoms with Crippen molar-refractivity contribution in [1.29, 1.82) is 0 Å². The van der Waals surface area contributed by atoms with E-state index >= 15 is 0 Å². The van der Waals surface area contributed by atoms with Gasteiger partial charge in [-0.3, -0.25) is 4.79 Å². The van der Waals surface area contributed by atoms with E-state index in [0.29, 0.717) is 11.5 Å². The van der Waals surface area contributed by atoms with E-state index in [4.69, 9.17) is 11.6 Å². The third-order valence-electron chi connectivity index (χ3n) is 1.44. The molecule has 0 fully saturated rings. The molecule has 1 nitrogen and oxygen atoms in total. The first-order valence-electron chi connectivity index (χ1n) is 4.09. The molecular weight excluding hydrogens is 160 g/mol. The molecule has 0 saturated carbocycles. The molecule has 0 radical (unpaired) electrons. The van der Waals surface area contributed by atoms with Crippen molar-refractivity contribution in [3.05, 3.63) is 11.1 Å². The van der Waals surface area contributed by atoms with Crippen LogP contribution in [0.25, 0.3) is 0 Å². The molecule has 0 bridgehead atoms.